The molecule has 0 aromatic heterocycles. The van der Waals surface area contributed by atoms with E-state index in [0.717, 1.165) is 6.54 Å². The molecule has 0 spiro atoms. The van der Waals surface area contributed by atoms with Crippen LogP contribution in [-0.4, -0.2) is 36.9 Å². The summed E-state index contributed by atoms with van der Waals surface area (Å²) in [5, 5.41) is 0. The van der Waals surface area contributed by atoms with Crippen molar-refractivity contribution >= 4 is 0 Å². The van der Waals surface area contributed by atoms with Crippen LogP contribution in [0.5, 0.6) is 0 Å². The summed E-state index contributed by atoms with van der Waals surface area (Å²) in [6.07, 6.45) is -1.82. The Morgan fingerprint density at radius 1 is 1.30 bits per heavy atom. The fourth-order valence-electron chi connectivity index (χ4n) is 1.32. The van der Waals surface area contributed by atoms with Crippen LogP contribution in [0, 0.1) is 0 Å². The van der Waals surface area contributed by atoms with Crippen molar-refractivity contribution in [3.63, 3.8) is 0 Å². The second-order valence-electron chi connectivity index (χ2n) is 2.78. The predicted molar refractivity (Wildman–Crippen MR) is 36.5 cm³/mol. The van der Waals surface area contributed by atoms with Crippen LogP contribution in [-0.2, 0) is 0 Å². The highest BCUT2D eigenvalue weighted by molar-refractivity contribution is 4.77. The van der Waals surface area contributed by atoms with Crippen molar-refractivity contribution in [2.75, 3.05) is 19.6 Å². The van der Waals surface area contributed by atoms with Crippen molar-refractivity contribution in [2.45, 2.75) is 25.7 Å². The first kappa shape index (κ1) is 7.92. The molecule has 1 saturated heterocycles. The van der Waals surface area contributed by atoms with Crippen molar-refractivity contribution in [3.05, 3.63) is 0 Å². The Balaban J connectivity index is 2.35. The van der Waals surface area contributed by atoms with Gasteiger partial charge in [0.2, 0.25) is 0 Å². The van der Waals surface area contributed by atoms with Gasteiger partial charge in [-0.05, 0) is 6.54 Å². The van der Waals surface area contributed by atoms with E-state index in [1.165, 1.54) is 0 Å². The number of likely N-dealkylation sites (tertiary alicyclic amines) is 1. The van der Waals surface area contributed by atoms with Crippen LogP contribution in [0.3, 0.4) is 0 Å². The monoisotopic (exact) mass is 149 g/mol. The molecule has 2 atom stereocenters. The van der Waals surface area contributed by atoms with Crippen molar-refractivity contribution in [1.82, 2.24) is 4.90 Å². The van der Waals surface area contributed by atoms with Gasteiger partial charge in [0.15, 0.2) is 0 Å². The van der Waals surface area contributed by atoms with Gasteiger partial charge < -0.3 is 0 Å². The van der Waals surface area contributed by atoms with E-state index in [2.05, 4.69) is 0 Å². The minimum Gasteiger partial charge on any atom is -0.298 e. The molecule has 1 fully saturated rings. The Hall–Kier alpha value is -0.180. The Morgan fingerprint density at radius 3 is 2.20 bits per heavy atom. The fraction of sp³-hybridized carbons (Fsp3) is 1.00. The first-order chi connectivity index (χ1) is 4.72. The first-order valence-electron chi connectivity index (χ1n) is 3.73. The Bertz CT molecular complexity index is 97.8. The third-order valence-corrected chi connectivity index (χ3v) is 1.87. The minimum atomic E-state index is -0.955. The van der Waals surface area contributed by atoms with Crippen LogP contribution >= 0.6 is 0 Å². The summed E-state index contributed by atoms with van der Waals surface area (Å²) in [4.78, 5) is 1.80. The molecule has 0 radical (unpaired) electrons. The van der Waals surface area contributed by atoms with E-state index in [-0.39, 0.29) is 6.42 Å². The van der Waals surface area contributed by atoms with Gasteiger partial charge in [-0.1, -0.05) is 6.92 Å². The molecule has 1 aliphatic rings. The number of hydrogen-bond acceptors (Lipinski definition) is 1. The van der Waals surface area contributed by atoms with Gasteiger partial charge >= 0.3 is 0 Å². The predicted octanol–water partition coefficient (Wildman–Crippen LogP) is 1.39. The molecule has 1 heterocycles. The summed E-state index contributed by atoms with van der Waals surface area (Å²) < 4.78 is 25.2. The molecule has 0 amide bonds. The van der Waals surface area contributed by atoms with E-state index in [4.69, 9.17) is 0 Å². The number of piperidine rings is 1. The molecule has 1 rings (SSSR count). The molecule has 1 nitrogen and oxygen atoms in total. The largest absolute Gasteiger partial charge is 0.298 e. The summed E-state index contributed by atoms with van der Waals surface area (Å²) in [5.74, 6) is 0. The Labute approximate surface area is 60.0 Å². The third-order valence-electron chi connectivity index (χ3n) is 1.87. The van der Waals surface area contributed by atoms with Gasteiger partial charge in [0.25, 0.3) is 0 Å². The molecule has 0 aromatic rings. The molecule has 0 bridgehead atoms. The molecule has 0 aromatic carbocycles. The van der Waals surface area contributed by atoms with E-state index in [1.54, 1.807) is 4.90 Å². The van der Waals surface area contributed by atoms with E-state index in [1.807, 2.05) is 6.92 Å². The first-order valence-corrected chi connectivity index (χ1v) is 3.73. The molecule has 1 aliphatic heterocycles. The second-order valence-corrected chi connectivity index (χ2v) is 2.78. The van der Waals surface area contributed by atoms with Crippen LogP contribution in [0.15, 0.2) is 0 Å². The van der Waals surface area contributed by atoms with Crippen LogP contribution in [0.4, 0.5) is 8.78 Å². The summed E-state index contributed by atoms with van der Waals surface area (Å²) in [6.45, 7) is 3.50. The highest BCUT2D eigenvalue weighted by atomic mass is 19.1. The Morgan fingerprint density at radius 2 is 1.80 bits per heavy atom. The lowest BCUT2D eigenvalue weighted by Gasteiger charge is -2.29. The van der Waals surface area contributed by atoms with E-state index < -0.39 is 12.3 Å². The zero-order valence-corrected chi connectivity index (χ0v) is 6.19. The number of alkyl halides is 2. The lowest BCUT2D eigenvalue weighted by molar-refractivity contribution is 0.0780. The molecule has 10 heavy (non-hydrogen) atoms. The smallest absolute Gasteiger partial charge is 0.116 e. The highest BCUT2D eigenvalue weighted by Gasteiger charge is 2.25. The van der Waals surface area contributed by atoms with E-state index in [9.17, 15) is 8.78 Å². The average molecular weight is 149 g/mol. The maximum atomic E-state index is 12.6. The standard InChI is InChI=1S/C7H13F2N/c1-2-10-4-6(8)3-7(9)5-10/h6-7H,2-5H2,1H3. The lowest BCUT2D eigenvalue weighted by atomic mass is 10.1. The molecular weight excluding hydrogens is 136 g/mol. The highest BCUT2D eigenvalue weighted by Crippen LogP contribution is 2.15. The minimum absolute atomic E-state index is 0.0938. The van der Waals surface area contributed by atoms with Crippen molar-refractivity contribution in [3.8, 4) is 0 Å². The van der Waals surface area contributed by atoms with Gasteiger partial charge in [-0.15, -0.1) is 0 Å². The maximum Gasteiger partial charge on any atom is 0.116 e. The SMILES string of the molecule is CCN1CC(F)CC(F)C1. The maximum absolute atomic E-state index is 12.6. The summed E-state index contributed by atoms with van der Waals surface area (Å²) in [6, 6.07) is 0. The summed E-state index contributed by atoms with van der Waals surface area (Å²) in [5.41, 5.74) is 0. The summed E-state index contributed by atoms with van der Waals surface area (Å²) in [7, 11) is 0. The molecule has 2 unspecified atom stereocenters. The molecular formula is C7H13F2N. The van der Waals surface area contributed by atoms with Gasteiger partial charge in [-0.2, -0.15) is 0 Å². The zero-order valence-electron chi connectivity index (χ0n) is 6.19. The molecule has 0 N–H and O–H groups in total. The van der Waals surface area contributed by atoms with Gasteiger partial charge in [0.05, 0.1) is 0 Å². The number of nitrogens with zero attached hydrogens (tertiary/aromatic N) is 1. The topological polar surface area (TPSA) is 3.24 Å². The Kier molecular flexibility index (Phi) is 2.60. The van der Waals surface area contributed by atoms with Crippen LogP contribution < -0.4 is 0 Å². The summed E-state index contributed by atoms with van der Waals surface area (Å²) >= 11 is 0. The van der Waals surface area contributed by atoms with Crippen molar-refractivity contribution < 1.29 is 8.78 Å². The molecule has 3 heteroatoms. The number of halogens is 2. The molecule has 0 aliphatic carbocycles. The van der Waals surface area contributed by atoms with Gasteiger partial charge in [0, 0.05) is 19.5 Å². The quantitative estimate of drug-likeness (QED) is 0.544. The van der Waals surface area contributed by atoms with Gasteiger partial charge in [0.1, 0.15) is 12.3 Å². The lowest BCUT2D eigenvalue weighted by Crippen LogP contribution is -2.42. The van der Waals surface area contributed by atoms with Gasteiger partial charge in [-0.25, -0.2) is 8.78 Å². The second kappa shape index (κ2) is 3.28. The van der Waals surface area contributed by atoms with Gasteiger partial charge in [-0.3, -0.25) is 4.90 Å². The van der Waals surface area contributed by atoms with Crippen molar-refractivity contribution in [2.24, 2.45) is 0 Å². The number of rotatable bonds is 1. The average Bonchev–Trinajstić information content (AvgIpc) is 1.85. The van der Waals surface area contributed by atoms with E-state index >= 15 is 0 Å². The van der Waals surface area contributed by atoms with Crippen molar-refractivity contribution in [1.29, 1.82) is 0 Å². The third kappa shape index (κ3) is 1.90. The van der Waals surface area contributed by atoms with Crippen LogP contribution in [0.25, 0.3) is 0 Å². The zero-order chi connectivity index (χ0) is 7.56. The normalized spacial score (nSPS) is 36.3. The fourth-order valence-corrected chi connectivity index (χ4v) is 1.32. The van der Waals surface area contributed by atoms with Crippen LogP contribution in [0.2, 0.25) is 0 Å². The number of hydrogen-bond donors (Lipinski definition) is 0. The van der Waals surface area contributed by atoms with E-state index in [0.29, 0.717) is 13.1 Å². The van der Waals surface area contributed by atoms with Crippen LogP contribution in [0.1, 0.15) is 13.3 Å². The molecule has 0 saturated carbocycles. The molecule has 60 valence electrons.